The molecule has 0 N–H and O–H groups in total. The van der Waals surface area contributed by atoms with Gasteiger partial charge in [0.15, 0.2) is 0 Å². The molecule has 0 spiro atoms. The summed E-state index contributed by atoms with van der Waals surface area (Å²) in [6, 6.07) is 12.4. The Hall–Kier alpha value is -3.22. The Balaban J connectivity index is 1.58. The number of urea groups is 1. The zero-order valence-corrected chi connectivity index (χ0v) is 18.3. The zero-order chi connectivity index (χ0) is 22.8. The molecule has 0 saturated carbocycles. The van der Waals surface area contributed by atoms with E-state index in [0.717, 1.165) is 17.7 Å². The maximum atomic E-state index is 14.5. The van der Waals surface area contributed by atoms with Gasteiger partial charge in [0, 0.05) is 45.2 Å². The van der Waals surface area contributed by atoms with Gasteiger partial charge in [0.2, 0.25) is 5.91 Å². The Bertz CT molecular complexity index is 1030. The average Bonchev–Trinajstić information content (AvgIpc) is 3.25. The van der Waals surface area contributed by atoms with E-state index in [-0.39, 0.29) is 36.1 Å². The third-order valence-electron chi connectivity index (χ3n) is 6.46. The maximum Gasteiger partial charge on any atom is 0.321 e. The molecule has 2 aromatic rings. The third-order valence-corrected chi connectivity index (χ3v) is 6.46. The van der Waals surface area contributed by atoms with Crippen LogP contribution in [-0.2, 0) is 4.79 Å². The minimum absolute atomic E-state index is 0.0180. The fourth-order valence-electron chi connectivity index (χ4n) is 4.57. The predicted octanol–water partition coefficient (Wildman–Crippen LogP) is 4.47. The summed E-state index contributed by atoms with van der Waals surface area (Å²) < 4.78 is 28.3. The normalized spacial score (nSPS) is 19.1. The first-order valence-electron chi connectivity index (χ1n) is 10.8. The highest BCUT2D eigenvalue weighted by molar-refractivity contribution is 5.82. The van der Waals surface area contributed by atoms with E-state index in [9.17, 15) is 18.4 Å². The van der Waals surface area contributed by atoms with Crippen molar-refractivity contribution < 1.29 is 18.4 Å². The van der Waals surface area contributed by atoms with E-state index in [4.69, 9.17) is 0 Å². The third kappa shape index (κ3) is 4.38. The van der Waals surface area contributed by atoms with Crippen LogP contribution in [0.4, 0.5) is 13.6 Å². The summed E-state index contributed by atoms with van der Waals surface area (Å²) in [5, 5.41) is 0. The molecule has 0 unspecified atom stereocenters. The SMILES string of the molecule is CC(=O)N1CCC(N(C)C(=O)N2CC(c3cc(F)ccc3F)=C[C@H]2c2ccccc2)CC1. The van der Waals surface area contributed by atoms with E-state index in [1.165, 1.54) is 6.07 Å². The van der Waals surface area contributed by atoms with Crippen molar-refractivity contribution >= 4 is 17.5 Å². The molecule has 0 bridgehead atoms. The molecule has 2 aliphatic heterocycles. The summed E-state index contributed by atoms with van der Waals surface area (Å²) >= 11 is 0. The minimum atomic E-state index is -0.516. The number of amides is 3. The van der Waals surface area contributed by atoms with Gasteiger partial charge in [-0.2, -0.15) is 0 Å². The van der Waals surface area contributed by atoms with Crippen LogP contribution in [0.25, 0.3) is 5.57 Å². The number of benzene rings is 2. The number of hydrogen-bond acceptors (Lipinski definition) is 2. The van der Waals surface area contributed by atoms with E-state index in [2.05, 4.69) is 0 Å². The molecular weight excluding hydrogens is 412 g/mol. The van der Waals surface area contributed by atoms with Gasteiger partial charge in [0.1, 0.15) is 11.6 Å². The summed E-state index contributed by atoms with van der Waals surface area (Å²) in [6.07, 6.45) is 3.27. The number of carbonyl (C=O) groups is 2. The average molecular weight is 440 g/mol. The molecule has 0 aromatic heterocycles. The second-order valence-corrected chi connectivity index (χ2v) is 8.43. The lowest BCUT2D eigenvalue weighted by atomic mass is 10.0. The number of halogens is 2. The molecule has 4 rings (SSSR count). The van der Waals surface area contributed by atoms with Gasteiger partial charge in [-0.15, -0.1) is 0 Å². The standard InChI is InChI=1S/C25H27F2N3O2/c1-17(31)29-12-10-21(11-13-29)28(2)25(32)30-16-19(22-15-20(26)8-9-23(22)27)14-24(30)18-6-4-3-5-7-18/h3-9,14-15,21,24H,10-13,16H2,1-2H3/t24-/m0/s1. The molecule has 0 aliphatic carbocycles. The molecule has 7 heteroatoms. The fraction of sp³-hybridized carbons (Fsp3) is 0.360. The molecule has 2 aliphatic rings. The predicted molar refractivity (Wildman–Crippen MR) is 119 cm³/mol. The number of likely N-dealkylation sites (tertiary alicyclic amines) is 1. The smallest absolute Gasteiger partial charge is 0.321 e. The highest BCUT2D eigenvalue weighted by atomic mass is 19.1. The zero-order valence-electron chi connectivity index (χ0n) is 18.3. The van der Waals surface area contributed by atoms with E-state index < -0.39 is 11.6 Å². The number of hydrogen-bond donors (Lipinski definition) is 0. The van der Waals surface area contributed by atoms with Crippen LogP contribution in [0.15, 0.2) is 54.6 Å². The van der Waals surface area contributed by atoms with Gasteiger partial charge in [-0.25, -0.2) is 13.6 Å². The largest absolute Gasteiger partial charge is 0.343 e. The molecule has 168 valence electrons. The molecular formula is C25H27F2N3O2. The lowest BCUT2D eigenvalue weighted by Crippen LogP contribution is -2.50. The Morgan fingerprint density at radius 2 is 1.72 bits per heavy atom. The van der Waals surface area contributed by atoms with E-state index >= 15 is 0 Å². The van der Waals surface area contributed by atoms with Crippen LogP contribution < -0.4 is 0 Å². The first-order valence-corrected chi connectivity index (χ1v) is 10.8. The van der Waals surface area contributed by atoms with Crippen LogP contribution in [0.1, 0.15) is 36.9 Å². The van der Waals surface area contributed by atoms with Crippen molar-refractivity contribution in [3.63, 3.8) is 0 Å². The van der Waals surface area contributed by atoms with Crippen LogP contribution in [-0.4, -0.2) is 59.4 Å². The van der Waals surface area contributed by atoms with E-state index in [0.29, 0.717) is 31.5 Å². The molecule has 3 amide bonds. The van der Waals surface area contributed by atoms with Gasteiger partial charge in [-0.1, -0.05) is 36.4 Å². The molecule has 2 heterocycles. The molecule has 1 atom stereocenters. The van der Waals surface area contributed by atoms with Crippen molar-refractivity contribution in [3.05, 3.63) is 77.4 Å². The monoisotopic (exact) mass is 439 g/mol. The quantitative estimate of drug-likeness (QED) is 0.709. The van der Waals surface area contributed by atoms with E-state index in [1.807, 2.05) is 36.4 Å². The second-order valence-electron chi connectivity index (χ2n) is 8.43. The van der Waals surface area contributed by atoms with Crippen molar-refractivity contribution in [1.29, 1.82) is 0 Å². The van der Waals surface area contributed by atoms with Crippen molar-refractivity contribution in [2.45, 2.75) is 31.8 Å². The molecule has 2 aromatic carbocycles. The molecule has 0 radical (unpaired) electrons. The Labute approximate surface area is 186 Å². The highest BCUT2D eigenvalue weighted by Crippen LogP contribution is 2.36. The molecule has 32 heavy (non-hydrogen) atoms. The van der Waals surface area contributed by atoms with Crippen molar-refractivity contribution in [1.82, 2.24) is 14.7 Å². The number of piperidine rings is 1. The van der Waals surface area contributed by atoms with Crippen LogP contribution in [0.5, 0.6) is 0 Å². The molecule has 1 fully saturated rings. The topological polar surface area (TPSA) is 43.9 Å². The van der Waals surface area contributed by atoms with Gasteiger partial charge in [-0.05, 0) is 42.2 Å². The van der Waals surface area contributed by atoms with Crippen molar-refractivity contribution in [3.8, 4) is 0 Å². The minimum Gasteiger partial charge on any atom is -0.343 e. The van der Waals surface area contributed by atoms with Gasteiger partial charge >= 0.3 is 6.03 Å². The van der Waals surface area contributed by atoms with Gasteiger partial charge in [0.25, 0.3) is 0 Å². The molecule has 5 nitrogen and oxygen atoms in total. The first kappa shape index (κ1) is 22.0. The fourth-order valence-corrected chi connectivity index (χ4v) is 4.57. The summed E-state index contributed by atoms with van der Waals surface area (Å²) in [5.41, 5.74) is 1.68. The Kier molecular flexibility index (Phi) is 6.26. The lowest BCUT2D eigenvalue weighted by molar-refractivity contribution is -0.130. The second kappa shape index (κ2) is 9.10. The summed E-state index contributed by atoms with van der Waals surface area (Å²) in [6.45, 7) is 2.99. The highest BCUT2D eigenvalue weighted by Gasteiger charge is 2.36. The van der Waals surface area contributed by atoms with Gasteiger partial charge < -0.3 is 14.7 Å². The summed E-state index contributed by atoms with van der Waals surface area (Å²) in [7, 11) is 1.78. The maximum absolute atomic E-state index is 14.5. The summed E-state index contributed by atoms with van der Waals surface area (Å²) in [5.74, 6) is -0.978. The van der Waals surface area contributed by atoms with Crippen LogP contribution in [0.2, 0.25) is 0 Å². The summed E-state index contributed by atoms with van der Waals surface area (Å²) in [4.78, 5) is 30.4. The van der Waals surface area contributed by atoms with Crippen molar-refractivity contribution in [2.24, 2.45) is 0 Å². The number of rotatable bonds is 3. The van der Waals surface area contributed by atoms with Crippen molar-refractivity contribution in [2.75, 3.05) is 26.7 Å². The molecule has 1 saturated heterocycles. The van der Waals surface area contributed by atoms with Crippen LogP contribution >= 0.6 is 0 Å². The van der Waals surface area contributed by atoms with Crippen LogP contribution in [0.3, 0.4) is 0 Å². The Morgan fingerprint density at radius 3 is 2.38 bits per heavy atom. The van der Waals surface area contributed by atoms with Gasteiger partial charge in [0.05, 0.1) is 6.04 Å². The number of nitrogens with zero attached hydrogens (tertiary/aromatic N) is 3. The van der Waals surface area contributed by atoms with Gasteiger partial charge in [-0.3, -0.25) is 4.79 Å². The first-order chi connectivity index (χ1) is 15.3. The Morgan fingerprint density at radius 1 is 1.03 bits per heavy atom. The lowest BCUT2D eigenvalue weighted by Gasteiger charge is -2.39. The van der Waals surface area contributed by atoms with E-state index in [1.54, 1.807) is 28.7 Å². The number of carbonyl (C=O) groups excluding carboxylic acids is 2. The van der Waals surface area contributed by atoms with Crippen LogP contribution in [0, 0.1) is 11.6 Å².